The van der Waals surface area contributed by atoms with E-state index in [9.17, 15) is 0 Å². The molecule has 3 rings (SSSR count). The van der Waals surface area contributed by atoms with E-state index in [1.54, 1.807) is 7.11 Å². The number of rotatable bonds is 2. The predicted octanol–water partition coefficient (Wildman–Crippen LogP) is 3.30. The van der Waals surface area contributed by atoms with E-state index in [-0.39, 0.29) is 5.54 Å². The number of fused-ring (bicyclic) bond motifs is 1. The summed E-state index contributed by atoms with van der Waals surface area (Å²) in [5, 5.41) is 0. The second-order valence-corrected chi connectivity index (χ2v) is 5.89. The van der Waals surface area contributed by atoms with Gasteiger partial charge in [-0.05, 0) is 68.2 Å². The zero-order chi connectivity index (χ0) is 12.6. The van der Waals surface area contributed by atoms with Gasteiger partial charge in [0.1, 0.15) is 5.75 Å². The van der Waals surface area contributed by atoms with E-state index in [1.165, 1.54) is 55.2 Å². The third kappa shape index (κ3) is 1.93. The maximum absolute atomic E-state index is 6.49. The lowest BCUT2D eigenvalue weighted by Crippen LogP contribution is -2.43. The Morgan fingerprint density at radius 2 is 1.67 bits per heavy atom. The molecule has 1 saturated carbocycles. The Kier molecular flexibility index (Phi) is 3.06. The molecule has 0 unspecified atom stereocenters. The Bertz CT molecular complexity index is 449. The average Bonchev–Trinajstić information content (AvgIpc) is 2.58. The van der Waals surface area contributed by atoms with Crippen LogP contribution in [0.15, 0.2) is 12.1 Å². The van der Waals surface area contributed by atoms with Gasteiger partial charge < -0.3 is 10.5 Å². The molecule has 1 aromatic rings. The summed E-state index contributed by atoms with van der Waals surface area (Å²) in [7, 11) is 1.77. The minimum Gasteiger partial charge on any atom is -0.496 e. The van der Waals surface area contributed by atoms with E-state index in [0.717, 1.165) is 18.6 Å². The summed E-state index contributed by atoms with van der Waals surface area (Å²) in [6.45, 7) is 0. The van der Waals surface area contributed by atoms with Crippen molar-refractivity contribution in [3.05, 3.63) is 28.8 Å². The van der Waals surface area contributed by atoms with Crippen molar-refractivity contribution < 1.29 is 4.74 Å². The molecule has 0 spiro atoms. The average molecular weight is 245 g/mol. The first-order valence-electron chi connectivity index (χ1n) is 7.22. The lowest BCUT2D eigenvalue weighted by molar-refractivity contribution is 0.243. The predicted molar refractivity (Wildman–Crippen MR) is 74.0 cm³/mol. The van der Waals surface area contributed by atoms with Gasteiger partial charge in [0.25, 0.3) is 0 Å². The highest BCUT2D eigenvalue weighted by Gasteiger charge is 2.37. The Hall–Kier alpha value is -1.02. The van der Waals surface area contributed by atoms with E-state index in [4.69, 9.17) is 10.5 Å². The molecule has 98 valence electrons. The van der Waals surface area contributed by atoms with Gasteiger partial charge in [0.05, 0.1) is 7.11 Å². The normalized spacial score (nSPS) is 21.7. The monoisotopic (exact) mass is 245 g/mol. The van der Waals surface area contributed by atoms with Crippen LogP contribution < -0.4 is 10.5 Å². The number of aryl methyl sites for hydroxylation is 2. The van der Waals surface area contributed by atoms with Crippen molar-refractivity contribution in [1.82, 2.24) is 0 Å². The topological polar surface area (TPSA) is 35.2 Å². The van der Waals surface area contributed by atoms with Gasteiger partial charge in [0.2, 0.25) is 0 Å². The molecule has 0 amide bonds. The van der Waals surface area contributed by atoms with Gasteiger partial charge in [0, 0.05) is 11.1 Å². The van der Waals surface area contributed by atoms with Crippen molar-refractivity contribution in [1.29, 1.82) is 0 Å². The highest BCUT2D eigenvalue weighted by molar-refractivity contribution is 5.47. The largest absolute Gasteiger partial charge is 0.496 e. The zero-order valence-electron chi connectivity index (χ0n) is 11.3. The minimum atomic E-state index is -0.118. The maximum Gasteiger partial charge on any atom is 0.124 e. The summed E-state index contributed by atoms with van der Waals surface area (Å²) < 4.78 is 5.59. The Morgan fingerprint density at radius 1 is 1.00 bits per heavy atom. The molecule has 2 N–H and O–H groups in total. The van der Waals surface area contributed by atoms with Crippen LogP contribution in [0.25, 0.3) is 0 Å². The molecule has 0 saturated heterocycles. The first-order valence-corrected chi connectivity index (χ1v) is 7.22. The first kappa shape index (κ1) is 12.0. The highest BCUT2D eigenvalue weighted by Crippen LogP contribution is 2.44. The summed E-state index contributed by atoms with van der Waals surface area (Å²) in [5.74, 6) is 1.01. The van der Waals surface area contributed by atoms with Crippen LogP contribution in [0.3, 0.4) is 0 Å². The van der Waals surface area contributed by atoms with Crippen LogP contribution in [0.5, 0.6) is 5.75 Å². The van der Waals surface area contributed by atoms with Gasteiger partial charge in [0.15, 0.2) is 0 Å². The van der Waals surface area contributed by atoms with Gasteiger partial charge in [-0.2, -0.15) is 0 Å². The molecule has 0 aliphatic heterocycles. The summed E-state index contributed by atoms with van der Waals surface area (Å²) in [4.78, 5) is 0. The van der Waals surface area contributed by atoms with Gasteiger partial charge in [-0.15, -0.1) is 0 Å². The molecule has 2 aliphatic rings. The smallest absolute Gasteiger partial charge is 0.124 e. The van der Waals surface area contributed by atoms with E-state index in [0.29, 0.717) is 0 Å². The van der Waals surface area contributed by atoms with Crippen molar-refractivity contribution in [3.63, 3.8) is 0 Å². The van der Waals surface area contributed by atoms with Gasteiger partial charge in [-0.3, -0.25) is 0 Å². The minimum absolute atomic E-state index is 0.118. The third-order valence-electron chi connectivity index (χ3n) is 4.70. The fourth-order valence-electron chi connectivity index (χ4n) is 3.32. The quantitative estimate of drug-likeness (QED) is 0.811. The van der Waals surface area contributed by atoms with Crippen LogP contribution in [0.1, 0.15) is 55.2 Å². The fraction of sp³-hybridized carbons (Fsp3) is 0.625. The number of methoxy groups -OCH3 is 1. The number of ether oxygens (including phenoxy) is 1. The summed E-state index contributed by atoms with van der Waals surface area (Å²) >= 11 is 0. The first-order chi connectivity index (χ1) is 8.73. The van der Waals surface area contributed by atoms with E-state index in [1.807, 2.05) is 0 Å². The fourth-order valence-corrected chi connectivity index (χ4v) is 3.32. The number of nitrogens with two attached hydrogens (primary N) is 1. The SMILES string of the molecule is COc1cc2c(cc1C1(N)CCC1)CCCCC2. The Labute approximate surface area is 110 Å². The Morgan fingerprint density at radius 3 is 2.22 bits per heavy atom. The molecule has 1 aromatic carbocycles. The third-order valence-corrected chi connectivity index (χ3v) is 4.70. The van der Waals surface area contributed by atoms with Gasteiger partial charge in [-0.25, -0.2) is 0 Å². The molecule has 18 heavy (non-hydrogen) atoms. The van der Waals surface area contributed by atoms with Crippen LogP contribution in [-0.2, 0) is 18.4 Å². The second kappa shape index (κ2) is 4.58. The molecule has 0 radical (unpaired) electrons. The maximum atomic E-state index is 6.49. The van der Waals surface area contributed by atoms with Crippen molar-refractivity contribution >= 4 is 0 Å². The molecule has 0 heterocycles. The van der Waals surface area contributed by atoms with Crippen molar-refractivity contribution in [2.75, 3.05) is 7.11 Å². The lowest BCUT2D eigenvalue weighted by atomic mass is 9.71. The van der Waals surface area contributed by atoms with Crippen LogP contribution in [-0.4, -0.2) is 7.11 Å². The van der Waals surface area contributed by atoms with Gasteiger partial charge in [-0.1, -0.05) is 6.42 Å². The van der Waals surface area contributed by atoms with Crippen molar-refractivity contribution in [2.24, 2.45) is 5.73 Å². The molecule has 2 aliphatic carbocycles. The summed E-state index contributed by atoms with van der Waals surface area (Å²) in [5.41, 5.74) is 10.6. The van der Waals surface area contributed by atoms with Crippen molar-refractivity contribution in [2.45, 2.75) is 56.9 Å². The molecule has 0 bridgehead atoms. The number of benzene rings is 1. The van der Waals surface area contributed by atoms with Crippen LogP contribution in [0.4, 0.5) is 0 Å². The summed E-state index contributed by atoms with van der Waals surface area (Å²) in [6, 6.07) is 4.60. The van der Waals surface area contributed by atoms with Crippen LogP contribution in [0.2, 0.25) is 0 Å². The van der Waals surface area contributed by atoms with Crippen LogP contribution >= 0.6 is 0 Å². The number of hydrogen-bond acceptors (Lipinski definition) is 2. The summed E-state index contributed by atoms with van der Waals surface area (Å²) in [6.07, 6.45) is 9.83. The van der Waals surface area contributed by atoms with Gasteiger partial charge >= 0.3 is 0 Å². The molecular weight excluding hydrogens is 222 g/mol. The number of hydrogen-bond donors (Lipinski definition) is 1. The van der Waals surface area contributed by atoms with E-state index in [2.05, 4.69) is 12.1 Å². The van der Waals surface area contributed by atoms with E-state index < -0.39 is 0 Å². The molecule has 2 nitrogen and oxygen atoms in total. The molecule has 0 aromatic heterocycles. The van der Waals surface area contributed by atoms with E-state index >= 15 is 0 Å². The highest BCUT2D eigenvalue weighted by atomic mass is 16.5. The molecule has 2 heteroatoms. The Balaban J connectivity index is 2.05. The zero-order valence-corrected chi connectivity index (χ0v) is 11.3. The van der Waals surface area contributed by atoms with Crippen LogP contribution in [0, 0.1) is 0 Å². The molecule has 1 fully saturated rings. The lowest BCUT2D eigenvalue weighted by Gasteiger charge is -2.39. The molecular formula is C16H23NO. The molecule has 0 atom stereocenters. The van der Waals surface area contributed by atoms with Crippen molar-refractivity contribution in [3.8, 4) is 5.75 Å². The second-order valence-electron chi connectivity index (χ2n) is 5.89. The standard InChI is InChI=1S/C16H23NO/c1-18-15-11-13-7-4-2-3-6-12(13)10-14(15)16(17)8-5-9-16/h10-11H,2-9,17H2,1H3.